The number of alkyl halides is 5. The van der Waals surface area contributed by atoms with Crippen LogP contribution in [0.4, 0.5) is 4.39 Å². The van der Waals surface area contributed by atoms with Crippen molar-refractivity contribution in [2.24, 2.45) is 5.92 Å². The Labute approximate surface area is 106 Å². The third kappa shape index (κ3) is 2.45. The van der Waals surface area contributed by atoms with Crippen molar-refractivity contribution >= 4 is 63.7 Å². The quantitative estimate of drug-likeness (QED) is 0.550. The van der Waals surface area contributed by atoms with E-state index in [4.69, 9.17) is 0 Å². The van der Waals surface area contributed by atoms with Gasteiger partial charge >= 0.3 is 0 Å². The molecular weight excluding hydrogens is 423 g/mol. The summed E-state index contributed by atoms with van der Waals surface area (Å²) >= 11 is 14.2. The Morgan fingerprint density at radius 2 is 1.58 bits per heavy atom. The second-order valence-electron chi connectivity index (χ2n) is 3.00. The number of hydrogen-bond acceptors (Lipinski definition) is 0. The van der Waals surface area contributed by atoms with Gasteiger partial charge in [0.2, 0.25) is 0 Å². The Morgan fingerprint density at radius 1 is 1.00 bits per heavy atom. The lowest BCUT2D eigenvalue weighted by Crippen LogP contribution is -2.43. The second kappa shape index (κ2) is 5.08. The maximum Gasteiger partial charge on any atom is 0.0934 e. The van der Waals surface area contributed by atoms with Crippen LogP contribution in [-0.4, -0.2) is 26.0 Å². The van der Waals surface area contributed by atoms with Crippen molar-refractivity contribution in [1.29, 1.82) is 0 Å². The molecule has 1 saturated carbocycles. The third-order valence-corrected chi connectivity index (χ3v) is 8.87. The summed E-state index contributed by atoms with van der Waals surface area (Å²) in [6, 6.07) is 0. The highest BCUT2D eigenvalue weighted by Crippen LogP contribution is 2.41. The molecule has 0 bridgehead atoms. The maximum atomic E-state index is 12.5. The first kappa shape index (κ1) is 11.9. The van der Waals surface area contributed by atoms with Crippen LogP contribution in [0.3, 0.4) is 0 Å². The standard InChI is InChI=1S/C7H9Br4F/c8-4-1-3(2-12)5(9)7(11)6(4)10/h3-7H,1-2H2. The molecule has 0 amide bonds. The topological polar surface area (TPSA) is 0 Å². The smallest absolute Gasteiger partial charge is 0.0934 e. The van der Waals surface area contributed by atoms with E-state index in [0.29, 0.717) is 9.65 Å². The molecule has 0 N–H and O–H groups in total. The summed E-state index contributed by atoms with van der Waals surface area (Å²) in [7, 11) is 0. The van der Waals surface area contributed by atoms with E-state index in [-0.39, 0.29) is 22.2 Å². The molecule has 0 nitrogen and oxygen atoms in total. The molecule has 72 valence electrons. The van der Waals surface area contributed by atoms with Crippen LogP contribution < -0.4 is 0 Å². The highest BCUT2D eigenvalue weighted by atomic mass is 79.9. The molecule has 0 radical (unpaired) electrons. The number of halogens is 5. The van der Waals surface area contributed by atoms with Crippen LogP contribution in [0, 0.1) is 5.92 Å². The lowest BCUT2D eigenvalue weighted by Gasteiger charge is -2.37. The predicted molar refractivity (Wildman–Crippen MR) is 64.9 cm³/mol. The normalized spacial score (nSPS) is 49.2. The van der Waals surface area contributed by atoms with E-state index in [0.717, 1.165) is 6.42 Å². The fraction of sp³-hybridized carbons (Fsp3) is 1.00. The molecule has 1 rings (SSSR count). The summed E-state index contributed by atoms with van der Waals surface area (Å²) in [5, 5.41) is 0. The predicted octanol–water partition coefficient (Wildman–Crippen LogP) is 4.03. The fourth-order valence-electron chi connectivity index (χ4n) is 1.33. The molecule has 1 fully saturated rings. The van der Waals surface area contributed by atoms with E-state index in [1.165, 1.54) is 0 Å². The highest BCUT2D eigenvalue weighted by molar-refractivity contribution is 9.14. The zero-order chi connectivity index (χ0) is 9.30. The maximum absolute atomic E-state index is 12.5. The van der Waals surface area contributed by atoms with E-state index >= 15 is 0 Å². The van der Waals surface area contributed by atoms with Crippen molar-refractivity contribution in [3.63, 3.8) is 0 Å². The van der Waals surface area contributed by atoms with Gasteiger partial charge in [0.15, 0.2) is 0 Å². The summed E-state index contributed by atoms with van der Waals surface area (Å²) in [6.07, 6.45) is 0.879. The average molecular weight is 432 g/mol. The van der Waals surface area contributed by atoms with Crippen molar-refractivity contribution in [3.05, 3.63) is 0 Å². The molecule has 5 unspecified atom stereocenters. The molecule has 5 heteroatoms. The van der Waals surface area contributed by atoms with E-state index < -0.39 is 0 Å². The van der Waals surface area contributed by atoms with Crippen LogP contribution in [0.5, 0.6) is 0 Å². The van der Waals surface area contributed by atoms with Gasteiger partial charge in [-0.25, -0.2) is 0 Å². The second-order valence-corrected chi connectivity index (χ2v) is 7.35. The summed E-state index contributed by atoms with van der Waals surface area (Å²) in [5.74, 6) is 0.118. The third-order valence-electron chi connectivity index (χ3n) is 2.13. The largest absolute Gasteiger partial charge is 0.251 e. The summed E-state index contributed by atoms with van der Waals surface area (Å²) in [6.45, 7) is -0.250. The van der Waals surface area contributed by atoms with Gasteiger partial charge < -0.3 is 0 Å². The van der Waals surface area contributed by atoms with E-state index in [1.807, 2.05) is 0 Å². The number of hydrogen-bond donors (Lipinski definition) is 0. The Kier molecular flexibility index (Phi) is 5.05. The van der Waals surface area contributed by atoms with Crippen LogP contribution in [0.2, 0.25) is 0 Å². The van der Waals surface area contributed by atoms with Gasteiger partial charge in [0.25, 0.3) is 0 Å². The first-order valence-corrected chi connectivity index (χ1v) is 7.36. The molecule has 0 saturated heterocycles. The van der Waals surface area contributed by atoms with Gasteiger partial charge in [-0.05, 0) is 6.42 Å². The summed E-state index contributed by atoms with van der Waals surface area (Å²) < 4.78 is 12.5. The molecule has 1 aliphatic carbocycles. The lowest BCUT2D eigenvalue weighted by molar-refractivity contribution is 0.309. The minimum atomic E-state index is -0.250. The lowest BCUT2D eigenvalue weighted by atomic mass is 9.90. The van der Waals surface area contributed by atoms with Crippen molar-refractivity contribution in [3.8, 4) is 0 Å². The highest BCUT2D eigenvalue weighted by Gasteiger charge is 2.40. The molecule has 5 atom stereocenters. The Morgan fingerprint density at radius 3 is 2.08 bits per heavy atom. The van der Waals surface area contributed by atoms with E-state index in [9.17, 15) is 4.39 Å². The molecule has 0 aromatic heterocycles. The van der Waals surface area contributed by atoms with Crippen molar-refractivity contribution in [2.45, 2.75) is 25.7 Å². The zero-order valence-corrected chi connectivity index (χ0v) is 12.5. The van der Waals surface area contributed by atoms with Crippen LogP contribution in [0.1, 0.15) is 6.42 Å². The van der Waals surface area contributed by atoms with E-state index in [1.54, 1.807) is 0 Å². The molecule has 0 aromatic carbocycles. The first-order valence-electron chi connectivity index (χ1n) is 3.70. The molecule has 0 spiro atoms. The van der Waals surface area contributed by atoms with Crippen molar-refractivity contribution in [2.75, 3.05) is 6.67 Å². The Bertz CT molecular complexity index is 150. The Balaban J connectivity index is 2.63. The van der Waals surface area contributed by atoms with Crippen LogP contribution in [-0.2, 0) is 0 Å². The van der Waals surface area contributed by atoms with Gasteiger partial charge in [-0.1, -0.05) is 63.7 Å². The minimum Gasteiger partial charge on any atom is -0.251 e. The van der Waals surface area contributed by atoms with Gasteiger partial charge in [-0.15, -0.1) is 0 Å². The van der Waals surface area contributed by atoms with Gasteiger partial charge in [0.1, 0.15) is 0 Å². The van der Waals surface area contributed by atoms with Crippen LogP contribution in [0.15, 0.2) is 0 Å². The van der Waals surface area contributed by atoms with Gasteiger partial charge in [-0.3, -0.25) is 4.39 Å². The van der Waals surface area contributed by atoms with Crippen molar-refractivity contribution in [1.82, 2.24) is 0 Å². The monoisotopic (exact) mass is 428 g/mol. The van der Waals surface area contributed by atoms with Gasteiger partial charge in [0.05, 0.1) is 6.67 Å². The van der Waals surface area contributed by atoms with Crippen molar-refractivity contribution < 1.29 is 4.39 Å². The minimum absolute atomic E-state index is 0.118. The van der Waals surface area contributed by atoms with Crippen LogP contribution >= 0.6 is 63.7 Å². The molecule has 0 aromatic rings. The number of rotatable bonds is 1. The molecule has 12 heavy (non-hydrogen) atoms. The summed E-state index contributed by atoms with van der Waals surface area (Å²) in [4.78, 5) is 1.23. The first-order chi connectivity index (χ1) is 5.57. The SMILES string of the molecule is FCC1CC(Br)C(Br)C(Br)C1Br. The molecule has 1 aliphatic rings. The summed E-state index contributed by atoms with van der Waals surface area (Å²) in [5.41, 5.74) is 0. The van der Waals surface area contributed by atoms with E-state index in [2.05, 4.69) is 63.7 Å². The average Bonchev–Trinajstić information content (AvgIpc) is 2.08. The van der Waals surface area contributed by atoms with Crippen LogP contribution in [0.25, 0.3) is 0 Å². The Hall–Kier alpha value is 1.85. The van der Waals surface area contributed by atoms with Gasteiger partial charge in [-0.2, -0.15) is 0 Å². The molecule has 0 aliphatic heterocycles. The molecule has 0 heterocycles. The fourth-order valence-corrected chi connectivity index (χ4v) is 4.99. The zero-order valence-electron chi connectivity index (χ0n) is 6.19. The van der Waals surface area contributed by atoms with Gasteiger partial charge in [0, 0.05) is 25.2 Å². The molecular formula is C7H9Br4F.